The van der Waals surface area contributed by atoms with Gasteiger partial charge in [0.25, 0.3) is 5.91 Å². The van der Waals surface area contributed by atoms with E-state index in [9.17, 15) is 25.2 Å². The lowest BCUT2D eigenvalue weighted by molar-refractivity contribution is -0.148. The fraction of sp³-hybridized carbons (Fsp3) is 0.938. The zero-order valence-corrected chi connectivity index (χ0v) is 21.1. The maximum atomic E-state index is 12.0. The predicted molar refractivity (Wildman–Crippen MR) is 114 cm³/mol. The first-order chi connectivity index (χ1) is 12.5. The number of amides is 1. The molecule has 4 atom stereocenters. The smallest absolute Gasteiger partial charge is 0.314 e. The van der Waals surface area contributed by atoms with Crippen LogP contribution < -0.4 is 5.32 Å². The summed E-state index contributed by atoms with van der Waals surface area (Å²) < 4.78 is 12.7. The van der Waals surface area contributed by atoms with Crippen molar-refractivity contribution in [3.63, 3.8) is 0 Å². The summed E-state index contributed by atoms with van der Waals surface area (Å²) in [7, 11) is -6.03. The van der Waals surface area contributed by atoms with Crippen LogP contribution in [-0.2, 0) is 13.0 Å². The Kier molecular flexibility index (Phi) is 11.2. The summed E-state index contributed by atoms with van der Waals surface area (Å²) in [5, 5.41) is 49.7. The fourth-order valence-electron chi connectivity index (χ4n) is 2.82. The van der Waals surface area contributed by atoms with Crippen LogP contribution in [0, 0.1) is 0 Å². The van der Waals surface area contributed by atoms with E-state index in [0.717, 1.165) is 0 Å². The Hall–Kier alpha value is -0.159. The number of aliphatic hydroxyl groups excluding tert-OH is 5. The molecule has 0 heterocycles. The topological polar surface area (TPSA) is 149 Å². The number of carbonyl (C=O) groups is 1. The molecule has 28 heavy (non-hydrogen) atoms. The number of hydrogen-bond donors (Lipinski definition) is 6. The average Bonchev–Trinajstić information content (AvgIpc) is 2.52. The minimum absolute atomic E-state index is 0.244. The van der Waals surface area contributed by atoms with Crippen LogP contribution in [0.2, 0.25) is 51.9 Å². The predicted octanol–water partition coefficient (Wildman–Crippen LogP) is -0.296. The molecule has 0 saturated heterocycles. The molecule has 0 aromatic rings. The van der Waals surface area contributed by atoms with E-state index in [0.29, 0.717) is 12.5 Å². The van der Waals surface area contributed by atoms with Gasteiger partial charge < -0.3 is 39.1 Å². The summed E-state index contributed by atoms with van der Waals surface area (Å²) in [6.45, 7) is 14.1. The van der Waals surface area contributed by atoms with Crippen molar-refractivity contribution in [3.05, 3.63) is 0 Å². The first-order valence-electron chi connectivity index (χ1n) is 9.52. The first kappa shape index (κ1) is 27.8. The van der Waals surface area contributed by atoms with Gasteiger partial charge in [0.15, 0.2) is 22.7 Å². The number of carbonyl (C=O) groups excluding carboxylic acids is 1. The Morgan fingerprint density at radius 2 is 1.36 bits per heavy atom. The quantitative estimate of drug-likeness (QED) is 0.163. The van der Waals surface area contributed by atoms with Gasteiger partial charge in [-0.05, 0) is 58.3 Å². The van der Waals surface area contributed by atoms with Gasteiger partial charge in [-0.3, -0.25) is 4.79 Å². The van der Waals surface area contributed by atoms with Gasteiger partial charge in [-0.15, -0.1) is 0 Å². The fourth-order valence-corrected chi connectivity index (χ4v) is 15.4. The average molecular weight is 458 g/mol. The number of rotatable bonds is 13. The van der Waals surface area contributed by atoms with E-state index in [1.54, 1.807) is 0 Å². The summed E-state index contributed by atoms with van der Waals surface area (Å²) in [5.41, 5.74) is 0. The van der Waals surface area contributed by atoms with Crippen LogP contribution in [0.3, 0.4) is 0 Å². The molecule has 0 rings (SSSR count). The maximum absolute atomic E-state index is 12.0. The molecule has 9 nitrogen and oxygen atoms in total. The SMILES string of the molecule is C[Si](C)(C)O[Si](C)(CCCNC(=O)C(O)C(O)C(O)C(O)CO)O[Si](C)(C)C. The molecule has 1 amide bonds. The third kappa shape index (κ3) is 11.1. The van der Waals surface area contributed by atoms with Crippen LogP contribution in [-0.4, -0.2) is 94.2 Å². The molecule has 6 N–H and O–H groups in total. The van der Waals surface area contributed by atoms with Gasteiger partial charge in [-0.1, -0.05) is 0 Å². The highest BCUT2D eigenvalue weighted by molar-refractivity contribution is 6.87. The second kappa shape index (κ2) is 11.3. The van der Waals surface area contributed by atoms with E-state index in [2.05, 4.69) is 44.6 Å². The van der Waals surface area contributed by atoms with E-state index < -0.39 is 62.1 Å². The normalized spacial score (nSPS) is 17.7. The van der Waals surface area contributed by atoms with Crippen LogP contribution in [0.25, 0.3) is 0 Å². The lowest BCUT2D eigenvalue weighted by atomic mass is 10.0. The van der Waals surface area contributed by atoms with Crippen LogP contribution in [0.1, 0.15) is 6.42 Å². The lowest BCUT2D eigenvalue weighted by Gasteiger charge is -2.38. The minimum Gasteiger partial charge on any atom is -0.437 e. The summed E-state index contributed by atoms with van der Waals surface area (Å²) in [5.74, 6) is -0.864. The van der Waals surface area contributed by atoms with Gasteiger partial charge in [-0.25, -0.2) is 0 Å². The van der Waals surface area contributed by atoms with Crippen LogP contribution in [0.15, 0.2) is 0 Å². The summed E-state index contributed by atoms with van der Waals surface area (Å²) >= 11 is 0. The van der Waals surface area contributed by atoms with Gasteiger partial charge in [-0.2, -0.15) is 0 Å². The van der Waals surface area contributed by atoms with Crippen LogP contribution >= 0.6 is 0 Å². The van der Waals surface area contributed by atoms with Crippen LogP contribution in [0.4, 0.5) is 0 Å². The summed E-state index contributed by atoms with van der Waals surface area (Å²) in [4.78, 5) is 12.0. The molecule has 0 radical (unpaired) electrons. The zero-order valence-electron chi connectivity index (χ0n) is 18.1. The Bertz CT molecular complexity index is 467. The maximum Gasteiger partial charge on any atom is 0.314 e. The molecule has 0 fully saturated rings. The van der Waals surface area contributed by atoms with Crippen molar-refractivity contribution in [2.75, 3.05) is 13.2 Å². The molecule has 12 heteroatoms. The van der Waals surface area contributed by atoms with Crippen molar-refractivity contribution in [1.82, 2.24) is 5.32 Å². The van der Waals surface area contributed by atoms with Gasteiger partial charge in [0.05, 0.1) is 6.61 Å². The standard InChI is InChI=1S/C16H39NO8Si3/c1-26(2,3)24-28(7,25-27(4,5)6)10-8-9-17-16(23)15(22)14(21)13(20)12(19)11-18/h12-15,18-22H,8-11H2,1-7H3,(H,17,23). The Morgan fingerprint density at radius 1 is 0.893 bits per heavy atom. The molecule has 0 aliphatic heterocycles. The van der Waals surface area contributed by atoms with Crippen molar-refractivity contribution in [1.29, 1.82) is 0 Å². The molecule has 0 aliphatic rings. The monoisotopic (exact) mass is 457 g/mol. The highest BCUT2D eigenvalue weighted by atomic mass is 28.5. The minimum atomic E-state index is -2.42. The van der Waals surface area contributed by atoms with Gasteiger partial charge in [0.2, 0.25) is 0 Å². The van der Waals surface area contributed by atoms with E-state index in [1.807, 2.05) is 6.55 Å². The van der Waals surface area contributed by atoms with E-state index in [4.69, 9.17) is 13.3 Å². The first-order valence-corrected chi connectivity index (χ1v) is 18.9. The van der Waals surface area contributed by atoms with Crippen molar-refractivity contribution >= 4 is 31.1 Å². The molecule has 0 aromatic heterocycles. The van der Waals surface area contributed by atoms with Crippen molar-refractivity contribution in [2.24, 2.45) is 0 Å². The largest absolute Gasteiger partial charge is 0.437 e. The molecule has 168 valence electrons. The molecular formula is C16H39NO8Si3. The van der Waals surface area contributed by atoms with Gasteiger partial charge in [0.1, 0.15) is 18.3 Å². The van der Waals surface area contributed by atoms with E-state index in [-0.39, 0.29) is 6.54 Å². The number of aliphatic hydroxyl groups is 5. The Morgan fingerprint density at radius 3 is 1.75 bits per heavy atom. The third-order valence-electron chi connectivity index (χ3n) is 3.67. The van der Waals surface area contributed by atoms with Gasteiger partial charge >= 0.3 is 8.56 Å². The molecule has 0 aliphatic carbocycles. The van der Waals surface area contributed by atoms with E-state index in [1.165, 1.54) is 0 Å². The van der Waals surface area contributed by atoms with Crippen molar-refractivity contribution in [3.8, 4) is 0 Å². The molecule has 0 saturated carbocycles. The van der Waals surface area contributed by atoms with Gasteiger partial charge in [0, 0.05) is 6.54 Å². The molecule has 0 spiro atoms. The van der Waals surface area contributed by atoms with Crippen molar-refractivity contribution in [2.45, 2.75) is 82.7 Å². The molecule has 4 unspecified atom stereocenters. The second-order valence-corrected chi connectivity index (χ2v) is 22.0. The van der Waals surface area contributed by atoms with E-state index >= 15 is 0 Å². The Balaban J connectivity index is 4.68. The van der Waals surface area contributed by atoms with Crippen LogP contribution in [0.5, 0.6) is 0 Å². The third-order valence-corrected chi connectivity index (χ3v) is 13.3. The Labute approximate surface area is 171 Å². The lowest BCUT2D eigenvalue weighted by Crippen LogP contribution is -2.53. The highest BCUT2D eigenvalue weighted by Gasteiger charge is 2.40. The van der Waals surface area contributed by atoms with Crippen molar-refractivity contribution < 1.29 is 38.6 Å². The highest BCUT2D eigenvalue weighted by Crippen LogP contribution is 2.25. The number of nitrogens with one attached hydrogen (secondary N) is 1. The second-order valence-electron chi connectivity index (χ2n) is 9.13. The number of hydrogen-bond acceptors (Lipinski definition) is 8. The molecular weight excluding hydrogens is 418 g/mol. The summed E-state index contributed by atoms with van der Waals surface area (Å²) in [6, 6.07) is 0.673. The zero-order chi connectivity index (χ0) is 22.3. The summed E-state index contributed by atoms with van der Waals surface area (Å²) in [6.07, 6.45) is -6.74. The molecule has 0 bridgehead atoms. The molecule has 0 aromatic carbocycles.